The summed E-state index contributed by atoms with van der Waals surface area (Å²) in [6, 6.07) is 10.4. The maximum atomic E-state index is 13.0. The van der Waals surface area contributed by atoms with Crippen LogP contribution in [0.4, 0.5) is 30.2 Å². The van der Waals surface area contributed by atoms with E-state index in [9.17, 15) is 13.2 Å². The summed E-state index contributed by atoms with van der Waals surface area (Å²) in [5.41, 5.74) is 5.16. The molecule has 21 heavy (non-hydrogen) atoms. The van der Waals surface area contributed by atoms with Gasteiger partial charge in [0.1, 0.15) is 5.75 Å². The molecule has 0 aliphatic rings. The van der Waals surface area contributed by atoms with E-state index in [4.69, 9.17) is 10.5 Å². The summed E-state index contributed by atoms with van der Waals surface area (Å²) >= 11 is 0. The van der Waals surface area contributed by atoms with Gasteiger partial charge in [0.05, 0.1) is 17.9 Å². The second-order valence-electron chi connectivity index (χ2n) is 4.39. The predicted octanol–water partition coefficient (Wildman–Crippen LogP) is 4.43. The van der Waals surface area contributed by atoms with E-state index >= 15 is 0 Å². The number of hydrogen-bond donors (Lipinski definition) is 2. The minimum absolute atomic E-state index is 0.0506. The van der Waals surface area contributed by atoms with E-state index in [2.05, 4.69) is 5.32 Å². The van der Waals surface area contributed by atoms with Gasteiger partial charge in [0.15, 0.2) is 0 Å². The number of nitrogens with one attached hydrogen (secondary N) is 1. The highest BCUT2D eigenvalue weighted by Crippen LogP contribution is 2.37. The Kier molecular flexibility index (Phi) is 4.26. The lowest BCUT2D eigenvalue weighted by molar-refractivity contribution is -0.136. The summed E-state index contributed by atoms with van der Waals surface area (Å²) in [6.07, 6.45) is -4.48. The monoisotopic (exact) mass is 296 g/mol. The molecular weight excluding hydrogens is 281 g/mol. The van der Waals surface area contributed by atoms with Crippen LogP contribution >= 0.6 is 0 Å². The van der Waals surface area contributed by atoms with E-state index in [1.54, 1.807) is 24.3 Å². The van der Waals surface area contributed by atoms with Gasteiger partial charge in [0.25, 0.3) is 0 Å². The van der Waals surface area contributed by atoms with Crippen molar-refractivity contribution in [3.63, 3.8) is 0 Å². The normalized spacial score (nSPS) is 11.2. The van der Waals surface area contributed by atoms with Crippen LogP contribution in [-0.4, -0.2) is 6.61 Å². The molecule has 3 nitrogen and oxygen atoms in total. The maximum absolute atomic E-state index is 13.0. The first kappa shape index (κ1) is 15.0. The van der Waals surface area contributed by atoms with Crippen LogP contribution < -0.4 is 15.8 Å². The fourth-order valence-corrected chi connectivity index (χ4v) is 1.89. The lowest BCUT2D eigenvalue weighted by Crippen LogP contribution is -2.09. The second kappa shape index (κ2) is 5.95. The predicted molar refractivity (Wildman–Crippen MR) is 76.8 cm³/mol. The molecule has 112 valence electrons. The number of halogens is 3. The fourth-order valence-electron chi connectivity index (χ4n) is 1.89. The lowest BCUT2D eigenvalue weighted by atomic mass is 10.1. The summed E-state index contributed by atoms with van der Waals surface area (Å²) in [5.74, 6) is 0.589. The zero-order valence-electron chi connectivity index (χ0n) is 11.4. The standard InChI is InChI=1S/C15H15F3N2O/c1-2-21-12-5-3-4-11(9-12)20-14-7-6-10(19)8-13(14)15(16,17)18/h3-9,20H,2,19H2,1H3. The average molecular weight is 296 g/mol. The molecule has 0 fully saturated rings. The van der Waals surface area contributed by atoms with Crippen LogP contribution in [0.2, 0.25) is 0 Å². The quantitative estimate of drug-likeness (QED) is 0.820. The number of nitrogens with two attached hydrogens (primary N) is 1. The molecule has 0 atom stereocenters. The molecule has 2 aromatic rings. The molecule has 3 N–H and O–H groups in total. The van der Waals surface area contributed by atoms with Gasteiger partial charge >= 0.3 is 6.18 Å². The van der Waals surface area contributed by atoms with E-state index in [1.165, 1.54) is 12.1 Å². The van der Waals surface area contributed by atoms with E-state index in [-0.39, 0.29) is 11.4 Å². The molecule has 0 heterocycles. The SMILES string of the molecule is CCOc1cccc(Nc2ccc(N)cc2C(F)(F)F)c1. The topological polar surface area (TPSA) is 47.3 Å². The van der Waals surface area contributed by atoms with E-state index in [0.29, 0.717) is 18.0 Å². The molecule has 0 bridgehead atoms. The molecule has 0 aliphatic carbocycles. The highest BCUT2D eigenvalue weighted by Gasteiger charge is 2.33. The number of rotatable bonds is 4. The summed E-state index contributed by atoms with van der Waals surface area (Å²) in [4.78, 5) is 0. The summed E-state index contributed by atoms with van der Waals surface area (Å²) in [6.45, 7) is 2.32. The molecule has 0 radical (unpaired) electrons. The molecule has 6 heteroatoms. The van der Waals surface area contributed by atoms with Crippen molar-refractivity contribution in [2.24, 2.45) is 0 Å². The van der Waals surface area contributed by atoms with Gasteiger partial charge in [-0.1, -0.05) is 6.07 Å². The van der Waals surface area contributed by atoms with Crippen molar-refractivity contribution in [3.8, 4) is 5.75 Å². The molecule has 2 rings (SSSR count). The van der Waals surface area contributed by atoms with Crippen LogP contribution in [0.25, 0.3) is 0 Å². The minimum atomic E-state index is -4.48. The van der Waals surface area contributed by atoms with Crippen molar-refractivity contribution in [2.75, 3.05) is 17.7 Å². The Hall–Kier alpha value is -2.37. The summed E-state index contributed by atoms with van der Waals surface area (Å²) < 4.78 is 44.4. The lowest BCUT2D eigenvalue weighted by Gasteiger charge is -2.15. The third kappa shape index (κ3) is 3.81. The summed E-state index contributed by atoms with van der Waals surface area (Å²) in [5, 5.41) is 2.75. The van der Waals surface area contributed by atoms with Crippen molar-refractivity contribution in [3.05, 3.63) is 48.0 Å². The van der Waals surface area contributed by atoms with E-state index in [0.717, 1.165) is 6.07 Å². The van der Waals surface area contributed by atoms with Gasteiger partial charge in [0, 0.05) is 17.4 Å². The van der Waals surface area contributed by atoms with Gasteiger partial charge in [0.2, 0.25) is 0 Å². The van der Waals surface area contributed by atoms with Crippen LogP contribution in [0.1, 0.15) is 12.5 Å². The Morgan fingerprint density at radius 1 is 1.14 bits per heavy atom. The number of anilines is 3. The smallest absolute Gasteiger partial charge is 0.418 e. The third-order valence-electron chi connectivity index (χ3n) is 2.77. The molecule has 0 amide bonds. The molecule has 0 aliphatic heterocycles. The number of benzene rings is 2. The zero-order valence-corrected chi connectivity index (χ0v) is 11.4. The number of ether oxygens (including phenoxy) is 1. The van der Waals surface area contributed by atoms with E-state index in [1.807, 2.05) is 6.92 Å². The van der Waals surface area contributed by atoms with Gasteiger partial charge in [-0.05, 0) is 37.3 Å². The first-order valence-electron chi connectivity index (χ1n) is 6.36. The largest absolute Gasteiger partial charge is 0.494 e. The van der Waals surface area contributed by atoms with Gasteiger partial charge in [-0.15, -0.1) is 0 Å². The van der Waals surface area contributed by atoms with Crippen molar-refractivity contribution < 1.29 is 17.9 Å². The van der Waals surface area contributed by atoms with Crippen LogP contribution in [-0.2, 0) is 6.18 Å². The van der Waals surface area contributed by atoms with Crippen LogP contribution in [0.5, 0.6) is 5.75 Å². The molecule has 0 saturated heterocycles. The number of alkyl halides is 3. The van der Waals surface area contributed by atoms with Crippen molar-refractivity contribution in [1.82, 2.24) is 0 Å². The second-order valence-corrected chi connectivity index (χ2v) is 4.39. The Morgan fingerprint density at radius 2 is 1.90 bits per heavy atom. The van der Waals surface area contributed by atoms with Crippen molar-refractivity contribution in [2.45, 2.75) is 13.1 Å². The van der Waals surface area contributed by atoms with Crippen molar-refractivity contribution in [1.29, 1.82) is 0 Å². The first-order valence-corrected chi connectivity index (χ1v) is 6.36. The van der Waals surface area contributed by atoms with Crippen LogP contribution in [0.15, 0.2) is 42.5 Å². The molecule has 2 aromatic carbocycles. The number of hydrogen-bond acceptors (Lipinski definition) is 3. The Balaban J connectivity index is 2.33. The van der Waals surface area contributed by atoms with Gasteiger partial charge in [-0.25, -0.2) is 0 Å². The zero-order chi connectivity index (χ0) is 15.5. The molecule has 0 spiro atoms. The number of nitrogen functional groups attached to an aromatic ring is 1. The van der Waals surface area contributed by atoms with E-state index < -0.39 is 11.7 Å². The minimum Gasteiger partial charge on any atom is -0.494 e. The third-order valence-corrected chi connectivity index (χ3v) is 2.77. The van der Waals surface area contributed by atoms with Gasteiger partial charge in [-0.3, -0.25) is 0 Å². The molecular formula is C15H15F3N2O. The fraction of sp³-hybridized carbons (Fsp3) is 0.200. The van der Waals surface area contributed by atoms with Gasteiger partial charge < -0.3 is 15.8 Å². The average Bonchev–Trinajstić information content (AvgIpc) is 2.40. The Bertz CT molecular complexity index is 627. The van der Waals surface area contributed by atoms with Crippen LogP contribution in [0.3, 0.4) is 0 Å². The molecule has 0 unspecified atom stereocenters. The Labute approximate surface area is 120 Å². The summed E-state index contributed by atoms with van der Waals surface area (Å²) in [7, 11) is 0. The van der Waals surface area contributed by atoms with Crippen molar-refractivity contribution >= 4 is 17.1 Å². The maximum Gasteiger partial charge on any atom is 0.418 e. The van der Waals surface area contributed by atoms with Crippen LogP contribution in [0, 0.1) is 0 Å². The highest BCUT2D eigenvalue weighted by atomic mass is 19.4. The molecule has 0 aromatic heterocycles. The molecule has 0 saturated carbocycles. The van der Waals surface area contributed by atoms with Gasteiger partial charge in [-0.2, -0.15) is 13.2 Å². The first-order chi connectivity index (χ1) is 9.90. The highest BCUT2D eigenvalue weighted by molar-refractivity contribution is 5.67. The Morgan fingerprint density at radius 3 is 2.57 bits per heavy atom.